The predicted octanol–water partition coefficient (Wildman–Crippen LogP) is 3.23. The largest absolute Gasteiger partial charge is 0.495 e. The van der Waals surface area contributed by atoms with E-state index in [0.29, 0.717) is 5.92 Å². The summed E-state index contributed by atoms with van der Waals surface area (Å²) in [5.74, 6) is 0.857. The van der Waals surface area contributed by atoms with Crippen molar-refractivity contribution >= 4 is 22.4 Å². The molecule has 8 heteroatoms. The van der Waals surface area contributed by atoms with Gasteiger partial charge in [0.05, 0.1) is 14.2 Å². The van der Waals surface area contributed by atoms with Gasteiger partial charge in [0.2, 0.25) is 10.0 Å². The zero-order valence-corrected chi connectivity index (χ0v) is 17.6. The number of rotatable bonds is 8. The van der Waals surface area contributed by atoms with E-state index in [-0.39, 0.29) is 35.3 Å². The molecule has 0 amide bonds. The first-order valence-corrected chi connectivity index (χ1v) is 9.84. The summed E-state index contributed by atoms with van der Waals surface area (Å²) in [4.78, 5) is -0.0349. The number of nitrogens with two attached hydrogens (primary N) is 1. The SMILES string of the molecule is COc1cccc(OC)c1S(=O)(=O)NCC(N)c1ccc(C(C)C)cc1.Cl. The second-order valence-corrected chi connectivity index (χ2v) is 7.98. The van der Waals surface area contributed by atoms with Crippen LogP contribution in [0.25, 0.3) is 0 Å². The van der Waals surface area contributed by atoms with Gasteiger partial charge in [-0.15, -0.1) is 12.4 Å². The molecule has 0 radical (unpaired) electrons. The summed E-state index contributed by atoms with van der Waals surface area (Å²) in [6, 6.07) is 12.2. The molecule has 0 bridgehead atoms. The molecule has 0 saturated heterocycles. The summed E-state index contributed by atoms with van der Waals surface area (Å²) >= 11 is 0. The van der Waals surface area contributed by atoms with E-state index in [9.17, 15) is 8.42 Å². The van der Waals surface area contributed by atoms with Gasteiger partial charge in [0, 0.05) is 12.6 Å². The Hall–Kier alpha value is -1.80. The molecule has 0 heterocycles. The lowest BCUT2D eigenvalue weighted by Gasteiger charge is -2.17. The fourth-order valence-electron chi connectivity index (χ4n) is 2.60. The van der Waals surface area contributed by atoms with E-state index in [0.717, 1.165) is 5.56 Å². The lowest BCUT2D eigenvalue weighted by atomic mass is 9.99. The van der Waals surface area contributed by atoms with E-state index in [4.69, 9.17) is 15.2 Å². The number of sulfonamides is 1. The Morgan fingerprint density at radius 1 is 0.963 bits per heavy atom. The van der Waals surface area contributed by atoms with Crippen molar-refractivity contribution in [3.05, 3.63) is 53.6 Å². The molecule has 2 aromatic carbocycles. The fourth-order valence-corrected chi connectivity index (χ4v) is 3.98. The van der Waals surface area contributed by atoms with Crippen molar-refractivity contribution in [2.24, 2.45) is 5.73 Å². The molecular formula is C19H27ClN2O4S. The molecule has 0 aliphatic heterocycles. The topological polar surface area (TPSA) is 90.6 Å². The third kappa shape index (κ3) is 5.59. The molecule has 2 aromatic rings. The van der Waals surface area contributed by atoms with Crippen LogP contribution in [0.15, 0.2) is 47.4 Å². The van der Waals surface area contributed by atoms with Crippen molar-refractivity contribution in [1.29, 1.82) is 0 Å². The molecule has 150 valence electrons. The maximum Gasteiger partial charge on any atom is 0.248 e. The van der Waals surface area contributed by atoms with E-state index in [2.05, 4.69) is 18.6 Å². The van der Waals surface area contributed by atoms with Gasteiger partial charge in [-0.05, 0) is 29.2 Å². The first-order valence-electron chi connectivity index (χ1n) is 8.36. The van der Waals surface area contributed by atoms with Crippen LogP contribution in [0.3, 0.4) is 0 Å². The normalized spacial score (nSPS) is 12.4. The minimum absolute atomic E-state index is 0. The summed E-state index contributed by atoms with van der Waals surface area (Å²) in [7, 11) is -1.03. The number of halogens is 1. The maximum absolute atomic E-state index is 12.7. The van der Waals surface area contributed by atoms with Crippen LogP contribution in [0.2, 0.25) is 0 Å². The highest BCUT2D eigenvalue weighted by Gasteiger charge is 2.25. The Balaban J connectivity index is 0.00000364. The maximum atomic E-state index is 12.7. The lowest BCUT2D eigenvalue weighted by molar-refractivity contribution is 0.372. The van der Waals surface area contributed by atoms with Gasteiger partial charge in [-0.25, -0.2) is 13.1 Å². The molecule has 1 atom stereocenters. The monoisotopic (exact) mass is 414 g/mol. The van der Waals surface area contributed by atoms with Crippen LogP contribution >= 0.6 is 12.4 Å². The van der Waals surface area contributed by atoms with E-state index >= 15 is 0 Å². The molecule has 0 aliphatic carbocycles. The lowest BCUT2D eigenvalue weighted by Crippen LogP contribution is -2.32. The van der Waals surface area contributed by atoms with Crippen LogP contribution in [0, 0.1) is 0 Å². The van der Waals surface area contributed by atoms with E-state index in [1.165, 1.54) is 19.8 Å². The Morgan fingerprint density at radius 2 is 1.44 bits per heavy atom. The summed E-state index contributed by atoms with van der Waals surface area (Å²) in [6.07, 6.45) is 0. The molecule has 1 unspecified atom stereocenters. The van der Waals surface area contributed by atoms with Crippen molar-refractivity contribution in [2.75, 3.05) is 20.8 Å². The summed E-state index contributed by atoms with van der Waals surface area (Å²) in [5.41, 5.74) is 8.23. The molecule has 0 aromatic heterocycles. The van der Waals surface area contributed by atoms with Crippen molar-refractivity contribution < 1.29 is 17.9 Å². The van der Waals surface area contributed by atoms with E-state index < -0.39 is 16.1 Å². The van der Waals surface area contributed by atoms with Crippen LogP contribution in [0.5, 0.6) is 11.5 Å². The van der Waals surface area contributed by atoms with Crippen molar-refractivity contribution in [2.45, 2.75) is 30.7 Å². The Bertz CT molecular complexity index is 817. The standard InChI is InChI=1S/C19H26N2O4S.ClH/c1-13(2)14-8-10-15(11-9-14)16(20)12-21-26(22,23)19-17(24-3)6-5-7-18(19)25-4;/h5-11,13,16,21H,12,20H2,1-4H3;1H. The Morgan fingerprint density at radius 3 is 1.89 bits per heavy atom. The van der Waals surface area contributed by atoms with Crippen molar-refractivity contribution in [3.63, 3.8) is 0 Å². The number of ether oxygens (including phenoxy) is 2. The van der Waals surface area contributed by atoms with Gasteiger partial charge in [0.25, 0.3) is 0 Å². The minimum atomic E-state index is -3.85. The summed E-state index contributed by atoms with van der Waals surface area (Å²) in [6.45, 7) is 4.29. The van der Waals surface area contributed by atoms with Gasteiger partial charge in [-0.3, -0.25) is 0 Å². The predicted molar refractivity (Wildman–Crippen MR) is 109 cm³/mol. The van der Waals surface area contributed by atoms with Crippen molar-refractivity contribution in [3.8, 4) is 11.5 Å². The van der Waals surface area contributed by atoms with Gasteiger partial charge in [0.1, 0.15) is 11.5 Å². The van der Waals surface area contributed by atoms with Crippen molar-refractivity contribution in [1.82, 2.24) is 4.72 Å². The van der Waals surface area contributed by atoms with Gasteiger partial charge < -0.3 is 15.2 Å². The molecular weight excluding hydrogens is 388 g/mol. The third-order valence-electron chi connectivity index (χ3n) is 4.18. The van der Waals surface area contributed by atoms with Crippen LogP contribution in [0.1, 0.15) is 36.9 Å². The zero-order valence-electron chi connectivity index (χ0n) is 15.9. The van der Waals surface area contributed by atoms with Gasteiger partial charge in [0.15, 0.2) is 4.90 Å². The van der Waals surface area contributed by atoms with Crippen LogP contribution in [-0.2, 0) is 10.0 Å². The average molecular weight is 415 g/mol. The van der Waals surface area contributed by atoms with Crippen LogP contribution in [-0.4, -0.2) is 29.2 Å². The summed E-state index contributed by atoms with van der Waals surface area (Å²) in [5, 5.41) is 0. The number of methoxy groups -OCH3 is 2. The Kier molecular flexibility index (Phi) is 8.56. The molecule has 3 N–H and O–H groups in total. The number of benzene rings is 2. The molecule has 0 saturated carbocycles. The van der Waals surface area contributed by atoms with Crippen LogP contribution < -0.4 is 19.9 Å². The molecule has 2 rings (SSSR count). The van der Waals surface area contributed by atoms with E-state index in [1.807, 2.05) is 24.3 Å². The first-order chi connectivity index (χ1) is 12.3. The second kappa shape index (κ2) is 9.94. The molecule has 6 nitrogen and oxygen atoms in total. The Labute approximate surface area is 167 Å². The van der Waals surface area contributed by atoms with Gasteiger partial charge >= 0.3 is 0 Å². The van der Waals surface area contributed by atoms with Gasteiger partial charge in [-0.2, -0.15) is 0 Å². The highest BCUT2D eigenvalue weighted by molar-refractivity contribution is 7.89. The quantitative estimate of drug-likeness (QED) is 0.692. The fraction of sp³-hybridized carbons (Fsp3) is 0.368. The smallest absolute Gasteiger partial charge is 0.248 e. The molecule has 0 spiro atoms. The number of hydrogen-bond acceptors (Lipinski definition) is 5. The van der Waals surface area contributed by atoms with E-state index in [1.54, 1.807) is 18.2 Å². The molecule has 0 aliphatic rings. The second-order valence-electron chi connectivity index (χ2n) is 6.27. The highest BCUT2D eigenvalue weighted by atomic mass is 35.5. The third-order valence-corrected chi connectivity index (χ3v) is 5.66. The van der Waals surface area contributed by atoms with Gasteiger partial charge in [-0.1, -0.05) is 44.2 Å². The zero-order chi connectivity index (χ0) is 19.3. The average Bonchev–Trinajstić information content (AvgIpc) is 2.65. The highest BCUT2D eigenvalue weighted by Crippen LogP contribution is 2.32. The molecule has 27 heavy (non-hydrogen) atoms. The van der Waals surface area contributed by atoms with Crippen LogP contribution in [0.4, 0.5) is 0 Å². The molecule has 0 fully saturated rings. The minimum Gasteiger partial charge on any atom is -0.495 e. The number of hydrogen-bond donors (Lipinski definition) is 2. The summed E-state index contributed by atoms with van der Waals surface area (Å²) < 4.78 is 38.4. The first kappa shape index (κ1) is 23.2. The number of nitrogens with one attached hydrogen (secondary N) is 1.